The fourth-order valence-electron chi connectivity index (χ4n) is 6.40. The van der Waals surface area contributed by atoms with Gasteiger partial charge in [0.2, 0.25) is 0 Å². The van der Waals surface area contributed by atoms with Crippen molar-refractivity contribution < 1.29 is 0 Å². The highest BCUT2D eigenvalue weighted by molar-refractivity contribution is 7.80. The number of fused-ring (bicyclic) bond motifs is 6. The first kappa shape index (κ1) is 27.4. The van der Waals surface area contributed by atoms with Crippen LogP contribution in [0.3, 0.4) is 0 Å². The zero-order valence-corrected chi connectivity index (χ0v) is 27.3. The highest BCUT2D eigenvalue weighted by Crippen LogP contribution is 2.43. The van der Waals surface area contributed by atoms with E-state index in [-0.39, 0.29) is 0 Å². The van der Waals surface area contributed by atoms with E-state index < -0.39 is 0 Å². The normalized spacial score (nSPS) is 11.7. The fourth-order valence-corrected chi connectivity index (χ4v) is 9.19. The zero-order valence-electron chi connectivity index (χ0n) is 24.7. The molecule has 0 saturated carbocycles. The average molecular weight is 644 g/mol. The van der Waals surface area contributed by atoms with Crippen LogP contribution in [0, 0.1) is 6.92 Å². The number of thiol groups is 1. The quantitative estimate of drug-likeness (QED) is 0.194. The minimum atomic E-state index is 0.608. The van der Waals surface area contributed by atoms with Gasteiger partial charge in [0, 0.05) is 61.9 Å². The van der Waals surface area contributed by atoms with E-state index in [0.29, 0.717) is 17.5 Å². The maximum absolute atomic E-state index is 5.23. The van der Waals surface area contributed by atoms with Crippen LogP contribution in [0.25, 0.3) is 85.6 Å². The minimum absolute atomic E-state index is 0.608. The van der Waals surface area contributed by atoms with Crippen LogP contribution in [0.5, 0.6) is 0 Å². The van der Waals surface area contributed by atoms with E-state index in [9.17, 15) is 0 Å². The maximum atomic E-state index is 5.23. The Morgan fingerprint density at radius 1 is 0.413 bits per heavy atom. The highest BCUT2D eigenvalue weighted by Gasteiger charge is 2.20. The smallest absolute Gasteiger partial charge is 0.165 e. The first-order chi connectivity index (χ1) is 22.6. The molecule has 0 bridgehead atoms. The molecule has 3 heterocycles. The maximum Gasteiger partial charge on any atom is 0.165 e. The van der Waals surface area contributed by atoms with Gasteiger partial charge in [0.1, 0.15) is 0 Å². The van der Waals surface area contributed by atoms with Crippen LogP contribution >= 0.6 is 35.3 Å². The van der Waals surface area contributed by atoms with Gasteiger partial charge in [0.05, 0.1) is 0 Å². The van der Waals surface area contributed by atoms with E-state index >= 15 is 0 Å². The Kier molecular flexibility index (Phi) is 6.49. The van der Waals surface area contributed by atoms with Crippen LogP contribution < -0.4 is 0 Å². The predicted molar refractivity (Wildman–Crippen MR) is 199 cm³/mol. The van der Waals surface area contributed by atoms with E-state index in [2.05, 4.69) is 134 Å². The fraction of sp³-hybridized carbons (Fsp3) is 0.0250. The topological polar surface area (TPSA) is 38.7 Å². The summed E-state index contributed by atoms with van der Waals surface area (Å²) in [5.41, 5.74) is 6.28. The van der Waals surface area contributed by atoms with E-state index in [1.54, 1.807) is 22.7 Å². The summed E-state index contributed by atoms with van der Waals surface area (Å²) in [5.74, 6) is 1.92. The molecule has 9 aromatic rings. The molecule has 0 N–H and O–H groups in total. The van der Waals surface area contributed by atoms with Gasteiger partial charge in [-0.25, -0.2) is 15.0 Å². The van der Waals surface area contributed by atoms with Crippen LogP contribution in [0.15, 0.2) is 132 Å². The molecule has 0 amide bonds. The molecule has 0 unspecified atom stereocenters. The van der Waals surface area contributed by atoms with E-state index in [1.165, 1.54) is 45.9 Å². The number of aryl methyl sites for hydroxylation is 1. The molecule has 0 saturated heterocycles. The van der Waals surface area contributed by atoms with Crippen molar-refractivity contribution in [3.05, 3.63) is 133 Å². The lowest BCUT2D eigenvalue weighted by Gasteiger charge is -2.14. The van der Waals surface area contributed by atoms with E-state index in [0.717, 1.165) is 32.7 Å². The molecule has 3 nitrogen and oxygen atoms in total. The summed E-state index contributed by atoms with van der Waals surface area (Å²) >= 11 is 8.68. The number of thiophene rings is 2. The first-order valence-electron chi connectivity index (χ1n) is 15.1. The van der Waals surface area contributed by atoms with Crippen LogP contribution in [-0.2, 0) is 0 Å². The van der Waals surface area contributed by atoms with Crippen molar-refractivity contribution in [1.82, 2.24) is 15.0 Å². The standard InChI is InChI=1S/C40H25N3S3/c1-23-11-2-3-12-24(23)27-15-8-18-30(35(27)44)38-41-39(31-19-9-16-28-25-13-4-6-21-33(25)45-36(28)31)43-40(42-38)32-20-10-17-29-26-14-5-7-22-34(26)46-37(29)32/h2-22,44H,1H3. The molecular weight excluding hydrogens is 619 g/mol. The Labute approximate surface area is 279 Å². The largest absolute Gasteiger partial charge is 0.208 e. The Morgan fingerprint density at radius 2 is 0.826 bits per heavy atom. The molecule has 3 aromatic heterocycles. The Hall–Kier alpha value is -4.88. The zero-order chi connectivity index (χ0) is 30.8. The molecule has 6 aromatic carbocycles. The van der Waals surface area contributed by atoms with Crippen molar-refractivity contribution >= 4 is 75.6 Å². The number of rotatable bonds is 4. The second-order valence-electron chi connectivity index (χ2n) is 11.4. The molecule has 0 aliphatic carbocycles. The van der Waals surface area contributed by atoms with Crippen LogP contribution in [0.1, 0.15) is 5.56 Å². The van der Waals surface area contributed by atoms with Gasteiger partial charge < -0.3 is 0 Å². The van der Waals surface area contributed by atoms with Gasteiger partial charge in [-0.1, -0.05) is 103 Å². The van der Waals surface area contributed by atoms with Gasteiger partial charge in [-0.15, -0.1) is 35.3 Å². The first-order valence-corrected chi connectivity index (χ1v) is 17.2. The van der Waals surface area contributed by atoms with Gasteiger partial charge in [-0.3, -0.25) is 0 Å². The molecule has 6 heteroatoms. The lowest BCUT2D eigenvalue weighted by Crippen LogP contribution is -2.01. The third-order valence-corrected chi connectivity index (χ3v) is 11.6. The van der Waals surface area contributed by atoms with Crippen LogP contribution in [-0.4, -0.2) is 15.0 Å². The van der Waals surface area contributed by atoms with Crippen LogP contribution in [0.2, 0.25) is 0 Å². The third-order valence-electron chi connectivity index (χ3n) is 8.64. The monoisotopic (exact) mass is 643 g/mol. The molecule has 0 spiro atoms. The van der Waals surface area contributed by atoms with Crippen molar-refractivity contribution in [2.45, 2.75) is 11.8 Å². The molecule has 0 radical (unpaired) electrons. The van der Waals surface area contributed by atoms with Gasteiger partial charge in [-0.2, -0.15) is 0 Å². The number of hydrogen-bond donors (Lipinski definition) is 1. The molecule has 0 aliphatic rings. The summed E-state index contributed by atoms with van der Waals surface area (Å²) in [4.78, 5) is 16.5. The van der Waals surface area contributed by atoms with Crippen molar-refractivity contribution in [2.24, 2.45) is 0 Å². The highest BCUT2D eigenvalue weighted by atomic mass is 32.1. The summed E-state index contributed by atoms with van der Waals surface area (Å²) in [6, 6.07) is 44.6. The molecule has 46 heavy (non-hydrogen) atoms. The van der Waals surface area contributed by atoms with E-state index in [4.69, 9.17) is 27.6 Å². The summed E-state index contributed by atoms with van der Waals surface area (Å²) < 4.78 is 4.84. The van der Waals surface area contributed by atoms with Crippen molar-refractivity contribution in [2.75, 3.05) is 0 Å². The Balaban J connectivity index is 1.33. The lowest BCUT2D eigenvalue weighted by atomic mass is 9.98. The minimum Gasteiger partial charge on any atom is -0.208 e. The van der Waals surface area contributed by atoms with Crippen LogP contribution in [0.4, 0.5) is 0 Å². The Morgan fingerprint density at radius 3 is 1.41 bits per heavy atom. The predicted octanol–water partition coefficient (Wildman–Crippen LogP) is 11.9. The van der Waals surface area contributed by atoms with Gasteiger partial charge >= 0.3 is 0 Å². The summed E-state index contributed by atoms with van der Waals surface area (Å²) in [5, 5.41) is 4.92. The summed E-state index contributed by atoms with van der Waals surface area (Å²) in [7, 11) is 0. The second kappa shape index (κ2) is 10.9. The molecule has 0 aliphatic heterocycles. The number of aromatic nitrogens is 3. The lowest BCUT2D eigenvalue weighted by molar-refractivity contribution is 1.07. The second-order valence-corrected chi connectivity index (χ2v) is 13.9. The molecule has 0 atom stereocenters. The van der Waals surface area contributed by atoms with Gasteiger partial charge in [-0.05, 0) is 47.9 Å². The summed E-state index contributed by atoms with van der Waals surface area (Å²) in [6.45, 7) is 2.13. The van der Waals surface area contributed by atoms with Crippen molar-refractivity contribution in [3.8, 4) is 45.3 Å². The molecule has 218 valence electrons. The van der Waals surface area contributed by atoms with Gasteiger partial charge in [0.25, 0.3) is 0 Å². The molecule has 9 rings (SSSR count). The van der Waals surface area contributed by atoms with Crippen molar-refractivity contribution in [3.63, 3.8) is 0 Å². The SMILES string of the molecule is Cc1ccccc1-c1cccc(-c2nc(-c3cccc4c3sc3ccccc34)nc(-c3cccc4c3sc3ccccc34)n2)c1S. The summed E-state index contributed by atoms with van der Waals surface area (Å²) in [6.07, 6.45) is 0. The number of benzene rings is 6. The molecular formula is C40H25N3S3. The number of nitrogens with zero attached hydrogens (tertiary/aromatic N) is 3. The third kappa shape index (κ3) is 4.36. The average Bonchev–Trinajstić information content (AvgIpc) is 3.67. The van der Waals surface area contributed by atoms with Gasteiger partial charge in [0.15, 0.2) is 17.5 Å². The number of hydrogen-bond acceptors (Lipinski definition) is 6. The van der Waals surface area contributed by atoms with Crippen molar-refractivity contribution in [1.29, 1.82) is 0 Å². The van der Waals surface area contributed by atoms with E-state index in [1.807, 2.05) is 0 Å². The molecule has 0 fully saturated rings. The Bertz CT molecular complexity index is 2500.